The summed E-state index contributed by atoms with van der Waals surface area (Å²) in [5.74, 6) is 0. The molecule has 1 nitrogen and oxygen atoms in total. The van der Waals surface area contributed by atoms with Gasteiger partial charge in [0.15, 0.2) is 0 Å². The normalized spacial score (nSPS) is 20.2. The first kappa shape index (κ1) is 23.0. The molecule has 0 fully saturated rings. The second kappa shape index (κ2) is 16.1. The van der Waals surface area contributed by atoms with E-state index in [-0.39, 0.29) is 5.48 Å². The van der Waals surface area contributed by atoms with Gasteiger partial charge < -0.3 is 22.7 Å². The fourth-order valence-corrected chi connectivity index (χ4v) is 1.71. The minimum absolute atomic E-state index is 0. The predicted molar refractivity (Wildman–Crippen MR) is 87.3 cm³/mol. The molecule has 0 spiro atoms. The van der Waals surface area contributed by atoms with Gasteiger partial charge in [0, 0.05) is 0 Å². The monoisotopic (exact) mass is 321 g/mol. The second-order valence-electron chi connectivity index (χ2n) is 4.69. The van der Waals surface area contributed by atoms with Crippen molar-refractivity contribution >= 4 is 7.25 Å². The van der Waals surface area contributed by atoms with Crippen molar-refractivity contribution in [3.8, 4) is 0 Å². The van der Waals surface area contributed by atoms with Crippen LogP contribution in [-0.4, -0.2) is 12.7 Å². The molecule has 22 heavy (non-hydrogen) atoms. The molecule has 2 rings (SSSR count). The summed E-state index contributed by atoms with van der Waals surface area (Å²) in [5, 5.41) is 0. The molecule has 0 amide bonds. The second-order valence-corrected chi connectivity index (χ2v) is 4.69. The average molecular weight is 321 g/mol. The lowest BCUT2D eigenvalue weighted by molar-refractivity contribution is 0.368. The summed E-state index contributed by atoms with van der Waals surface area (Å²) in [5.41, 5.74) is 0. The summed E-state index contributed by atoms with van der Waals surface area (Å²) in [6.07, 6.45) is 28.0. The van der Waals surface area contributed by atoms with Crippen molar-refractivity contribution in [2.45, 2.75) is 51.4 Å². The molecule has 0 aromatic rings. The number of allylic oxidation sites excluding steroid dienone is 8. The number of rotatable bonds is 0. The van der Waals surface area contributed by atoms with Gasteiger partial charge in [-0.15, -0.1) is 0 Å². The van der Waals surface area contributed by atoms with Gasteiger partial charge in [0.05, 0.1) is 0 Å². The Hall–Kier alpha value is -1.30. The van der Waals surface area contributed by atoms with Crippen molar-refractivity contribution in [1.29, 1.82) is 0 Å². The SMILES string of the molecule is C1=CCC/C=C\CC1.C1=CCC/C=C\CC1.F[B-](F)(F)F.O. The number of hydrogen-bond acceptors (Lipinski definition) is 0. The molecule has 0 aromatic carbocycles. The Kier molecular flexibility index (Phi) is 16.8. The highest BCUT2D eigenvalue weighted by molar-refractivity contribution is 6.50. The van der Waals surface area contributed by atoms with E-state index in [9.17, 15) is 17.3 Å². The molecule has 2 N–H and O–H groups in total. The third-order valence-corrected chi connectivity index (χ3v) is 2.67. The highest BCUT2D eigenvalue weighted by Gasteiger charge is 2.20. The lowest BCUT2D eigenvalue weighted by atomic mass is 10.1. The molecule has 0 radical (unpaired) electrons. The van der Waals surface area contributed by atoms with Gasteiger partial charge in [0.2, 0.25) is 0 Å². The average Bonchev–Trinajstić information content (AvgIpc) is 2.24. The summed E-state index contributed by atoms with van der Waals surface area (Å²) in [4.78, 5) is 0. The van der Waals surface area contributed by atoms with Crippen molar-refractivity contribution in [3.05, 3.63) is 48.6 Å². The Labute approximate surface area is 130 Å². The molecule has 6 heteroatoms. The van der Waals surface area contributed by atoms with Crippen molar-refractivity contribution in [2.75, 3.05) is 0 Å². The van der Waals surface area contributed by atoms with Crippen LogP contribution in [0, 0.1) is 0 Å². The maximum absolute atomic E-state index is 9.75. The zero-order valence-corrected chi connectivity index (χ0v) is 12.9. The Balaban J connectivity index is 0. The van der Waals surface area contributed by atoms with Crippen LogP contribution in [-0.2, 0) is 0 Å². The summed E-state index contributed by atoms with van der Waals surface area (Å²) < 4.78 is 39.0. The fraction of sp³-hybridized carbons (Fsp3) is 0.500. The van der Waals surface area contributed by atoms with E-state index < -0.39 is 7.25 Å². The Morgan fingerprint density at radius 2 is 0.500 bits per heavy atom. The van der Waals surface area contributed by atoms with Gasteiger partial charge in [0.1, 0.15) is 0 Å². The molecule has 0 atom stereocenters. The number of halogens is 4. The minimum Gasteiger partial charge on any atom is -0.418 e. The molecule has 2 aliphatic rings. The van der Waals surface area contributed by atoms with E-state index in [1.807, 2.05) is 0 Å². The summed E-state index contributed by atoms with van der Waals surface area (Å²) in [6.45, 7) is 0. The topological polar surface area (TPSA) is 31.5 Å². The van der Waals surface area contributed by atoms with Crippen LogP contribution in [0.3, 0.4) is 0 Å². The maximum atomic E-state index is 9.75. The molecule has 0 saturated heterocycles. The third-order valence-electron chi connectivity index (χ3n) is 2.67. The Bertz CT molecular complexity index is 261. The van der Waals surface area contributed by atoms with Crippen LogP contribution in [0.4, 0.5) is 17.3 Å². The van der Waals surface area contributed by atoms with Crippen LogP contribution >= 0.6 is 0 Å². The van der Waals surface area contributed by atoms with Gasteiger partial charge in [-0.25, -0.2) is 0 Å². The molecule has 2 aliphatic carbocycles. The molecule has 0 heterocycles. The van der Waals surface area contributed by atoms with Gasteiger partial charge in [0.25, 0.3) is 0 Å². The lowest BCUT2D eigenvalue weighted by Crippen LogP contribution is -2.02. The molecule has 0 aromatic heterocycles. The molecule has 128 valence electrons. The van der Waals surface area contributed by atoms with Crippen molar-refractivity contribution < 1.29 is 22.7 Å². The van der Waals surface area contributed by atoms with Crippen LogP contribution in [0.5, 0.6) is 0 Å². The van der Waals surface area contributed by atoms with Gasteiger partial charge in [-0.1, -0.05) is 48.6 Å². The minimum atomic E-state index is -6.00. The maximum Gasteiger partial charge on any atom is 0.673 e. The van der Waals surface area contributed by atoms with Crippen LogP contribution in [0.15, 0.2) is 48.6 Å². The van der Waals surface area contributed by atoms with Crippen molar-refractivity contribution in [1.82, 2.24) is 0 Å². The molecular weight excluding hydrogens is 295 g/mol. The summed E-state index contributed by atoms with van der Waals surface area (Å²) in [6, 6.07) is 0. The van der Waals surface area contributed by atoms with E-state index in [1.165, 1.54) is 51.4 Å². The zero-order chi connectivity index (χ0) is 15.8. The largest absolute Gasteiger partial charge is 0.673 e. The first-order chi connectivity index (χ1) is 10.0. The Morgan fingerprint density at radius 1 is 0.409 bits per heavy atom. The molecule has 0 aliphatic heterocycles. The first-order valence-electron chi connectivity index (χ1n) is 7.47. The van der Waals surface area contributed by atoms with Crippen LogP contribution in [0.1, 0.15) is 51.4 Å². The molecule has 0 unspecified atom stereocenters. The van der Waals surface area contributed by atoms with E-state index in [0.717, 1.165) is 0 Å². The van der Waals surface area contributed by atoms with Crippen LogP contribution < -0.4 is 0 Å². The molecular formula is C16H26BF4O-. The number of hydrogen-bond donors (Lipinski definition) is 0. The molecule has 0 saturated carbocycles. The molecule has 0 bridgehead atoms. The lowest BCUT2D eigenvalue weighted by Gasteiger charge is -1.94. The Morgan fingerprint density at radius 3 is 0.591 bits per heavy atom. The highest BCUT2D eigenvalue weighted by Crippen LogP contribution is 2.06. The van der Waals surface area contributed by atoms with Crippen molar-refractivity contribution in [2.24, 2.45) is 0 Å². The van der Waals surface area contributed by atoms with E-state index in [2.05, 4.69) is 48.6 Å². The zero-order valence-electron chi connectivity index (χ0n) is 12.9. The van der Waals surface area contributed by atoms with Gasteiger partial charge in [-0.05, 0) is 51.4 Å². The fourth-order valence-electron chi connectivity index (χ4n) is 1.71. The van der Waals surface area contributed by atoms with E-state index in [0.29, 0.717) is 0 Å². The van der Waals surface area contributed by atoms with E-state index >= 15 is 0 Å². The quantitative estimate of drug-likeness (QED) is 0.306. The predicted octanol–water partition coefficient (Wildman–Crippen LogP) is 5.82. The summed E-state index contributed by atoms with van der Waals surface area (Å²) >= 11 is 0. The van der Waals surface area contributed by atoms with E-state index in [4.69, 9.17) is 0 Å². The third kappa shape index (κ3) is 27.1. The smallest absolute Gasteiger partial charge is 0.418 e. The van der Waals surface area contributed by atoms with Crippen LogP contribution in [0.25, 0.3) is 0 Å². The van der Waals surface area contributed by atoms with Gasteiger partial charge in [-0.2, -0.15) is 0 Å². The standard InChI is InChI=1S/2C8H12.BF4.H2O/c2*1-2-4-6-8-7-5-3-1;2-1(3,4)5;/h2*1-2,7-8H,3-6H2;;1H2/q;;-1;/b2*2-1-,8-7?;;. The van der Waals surface area contributed by atoms with E-state index in [1.54, 1.807) is 0 Å². The van der Waals surface area contributed by atoms with Crippen molar-refractivity contribution in [3.63, 3.8) is 0 Å². The highest BCUT2D eigenvalue weighted by atomic mass is 19.5. The first-order valence-corrected chi connectivity index (χ1v) is 7.47. The van der Waals surface area contributed by atoms with Crippen LogP contribution in [0.2, 0.25) is 0 Å². The summed E-state index contributed by atoms with van der Waals surface area (Å²) in [7, 11) is -6.00. The van der Waals surface area contributed by atoms with Gasteiger partial charge >= 0.3 is 7.25 Å². The van der Waals surface area contributed by atoms with Gasteiger partial charge in [-0.3, -0.25) is 0 Å².